The monoisotopic (exact) mass is 203 g/mol. The van der Waals surface area contributed by atoms with E-state index >= 15 is 0 Å². The zero-order chi connectivity index (χ0) is 10.9. The molecule has 0 saturated heterocycles. The van der Waals surface area contributed by atoms with Crippen molar-refractivity contribution in [3.63, 3.8) is 0 Å². The lowest BCUT2D eigenvalue weighted by atomic mass is 10.1. The van der Waals surface area contributed by atoms with Gasteiger partial charge in [-0.15, -0.1) is 0 Å². The topological polar surface area (TPSA) is 83.6 Å². The summed E-state index contributed by atoms with van der Waals surface area (Å²) in [6.07, 6.45) is 0. The fourth-order valence-electron chi connectivity index (χ4n) is 0.939. The molecule has 6 heteroatoms. The second-order valence-corrected chi connectivity index (χ2v) is 2.62. The summed E-state index contributed by atoms with van der Waals surface area (Å²) in [6.45, 7) is 0. The van der Waals surface area contributed by atoms with Gasteiger partial charge in [0.25, 0.3) is 0 Å². The molecule has 0 aliphatic carbocycles. The number of benzene rings is 1. The number of hydrogen-bond acceptors (Lipinski definition) is 3. The molecule has 0 bridgehead atoms. The van der Waals surface area contributed by atoms with Crippen molar-refractivity contribution in [1.29, 1.82) is 0 Å². The van der Waals surface area contributed by atoms with Crippen LogP contribution in [0.4, 0.5) is 8.78 Å². The Morgan fingerprint density at radius 3 is 2.50 bits per heavy atom. The van der Waals surface area contributed by atoms with Gasteiger partial charge in [0.2, 0.25) is 5.82 Å². The minimum Gasteiger partial charge on any atom is -0.504 e. The Balaban J connectivity index is 3.24. The van der Waals surface area contributed by atoms with Gasteiger partial charge >= 0.3 is 5.97 Å². The first-order valence-corrected chi connectivity index (χ1v) is 3.60. The minimum absolute atomic E-state index is 0.364. The molecule has 0 aliphatic heterocycles. The second kappa shape index (κ2) is 3.59. The zero-order valence-electron chi connectivity index (χ0n) is 6.87. The van der Waals surface area contributed by atoms with Crippen molar-refractivity contribution in [2.75, 3.05) is 0 Å². The van der Waals surface area contributed by atoms with Crippen LogP contribution in [0.1, 0.15) is 11.6 Å². The third-order valence-electron chi connectivity index (χ3n) is 1.70. The van der Waals surface area contributed by atoms with Crippen LogP contribution >= 0.6 is 0 Å². The largest absolute Gasteiger partial charge is 0.504 e. The molecule has 4 N–H and O–H groups in total. The van der Waals surface area contributed by atoms with Gasteiger partial charge in [-0.25, -0.2) is 4.39 Å². The number of carboxylic acids is 1. The number of carboxylic acid groups (broad SMARTS) is 1. The first-order valence-electron chi connectivity index (χ1n) is 3.60. The SMILES string of the molecule is N[C@H](C(=O)O)c1ccc(F)c(F)c1O. The fraction of sp³-hybridized carbons (Fsp3) is 0.125. The van der Waals surface area contributed by atoms with Crippen molar-refractivity contribution in [3.8, 4) is 5.75 Å². The summed E-state index contributed by atoms with van der Waals surface area (Å²) in [5.41, 5.74) is 4.74. The molecule has 4 nitrogen and oxygen atoms in total. The molecule has 0 saturated carbocycles. The lowest BCUT2D eigenvalue weighted by molar-refractivity contribution is -0.138. The van der Waals surface area contributed by atoms with Crippen molar-refractivity contribution >= 4 is 5.97 Å². The normalized spacial score (nSPS) is 12.5. The van der Waals surface area contributed by atoms with Gasteiger partial charge in [0.15, 0.2) is 11.6 Å². The molecule has 0 aliphatic rings. The van der Waals surface area contributed by atoms with E-state index in [9.17, 15) is 13.6 Å². The van der Waals surface area contributed by atoms with E-state index in [4.69, 9.17) is 15.9 Å². The maximum atomic E-state index is 12.7. The van der Waals surface area contributed by atoms with Crippen LogP contribution in [0, 0.1) is 11.6 Å². The molecular formula is C8H7F2NO3. The van der Waals surface area contributed by atoms with E-state index in [1.807, 2.05) is 0 Å². The summed E-state index contributed by atoms with van der Waals surface area (Å²) >= 11 is 0. The van der Waals surface area contributed by atoms with Crippen LogP contribution in [0.15, 0.2) is 12.1 Å². The number of rotatable bonds is 2. The molecule has 0 unspecified atom stereocenters. The quantitative estimate of drug-likeness (QED) is 0.662. The van der Waals surface area contributed by atoms with Gasteiger partial charge in [-0.2, -0.15) is 4.39 Å². The highest BCUT2D eigenvalue weighted by Crippen LogP contribution is 2.27. The number of nitrogens with two attached hydrogens (primary N) is 1. The molecule has 14 heavy (non-hydrogen) atoms. The van der Waals surface area contributed by atoms with Gasteiger partial charge in [-0.3, -0.25) is 4.79 Å². The van der Waals surface area contributed by atoms with E-state index < -0.39 is 29.4 Å². The molecule has 0 amide bonds. The zero-order valence-corrected chi connectivity index (χ0v) is 6.87. The van der Waals surface area contributed by atoms with Crippen LogP contribution in [0.3, 0.4) is 0 Å². The molecule has 0 fully saturated rings. The average molecular weight is 203 g/mol. The smallest absolute Gasteiger partial charge is 0.325 e. The number of phenolic OH excluding ortho intramolecular Hbond substituents is 1. The van der Waals surface area contributed by atoms with Crippen LogP contribution in [-0.2, 0) is 4.79 Å². The Bertz CT molecular complexity index is 381. The van der Waals surface area contributed by atoms with E-state index in [1.54, 1.807) is 0 Å². The molecule has 76 valence electrons. The summed E-state index contributed by atoms with van der Waals surface area (Å²) in [4.78, 5) is 10.4. The van der Waals surface area contributed by atoms with Crippen LogP contribution < -0.4 is 5.73 Å². The Hall–Kier alpha value is -1.69. The summed E-state index contributed by atoms with van der Waals surface area (Å²) in [5.74, 6) is -5.27. The molecule has 1 atom stereocenters. The van der Waals surface area contributed by atoms with Crippen LogP contribution in [0.5, 0.6) is 5.75 Å². The predicted molar refractivity (Wildman–Crippen MR) is 42.6 cm³/mol. The van der Waals surface area contributed by atoms with E-state index in [2.05, 4.69) is 0 Å². The van der Waals surface area contributed by atoms with Gasteiger partial charge in [-0.05, 0) is 6.07 Å². The molecule has 0 aromatic heterocycles. The van der Waals surface area contributed by atoms with E-state index in [0.717, 1.165) is 6.07 Å². The predicted octanol–water partition coefficient (Wildman–Crippen LogP) is 0.755. The first-order chi connectivity index (χ1) is 6.45. The van der Waals surface area contributed by atoms with Crippen LogP contribution in [0.2, 0.25) is 0 Å². The maximum Gasteiger partial charge on any atom is 0.325 e. The lowest BCUT2D eigenvalue weighted by Crippen LogP contribution is -2.21. The molecule has 0 heterocycles. The highest BCUT2D eigenvalue weighted by atomic mass is 19.2. The van der Waals surface area contributed by atoms with Gasteiger partial charge in [0.05, 0.1) is 0 Å². The number of phenols is 1. The summed E-state index contributed by atoms with van der Waals surface area (Å²) in [6, 6.07) is 0.0461. The number of carbonyl (C=O) groups is 1. The van der Waals surface area contributed by atoms with Crippen LogP contribution in [0.25, 0.3) is 0 Å². The second-order valence-electron chi connectivity index (χ2n) is 2.62. The van der Waals surface area contributed by atoms with E-state index in [0.29, 0.717) is 6.07 Å². The minimum atomic E-state index is -1.58. The molecular weight excluding hydrogens is 196 g/mol. The number of hydrogen-bond donors (Lipinski definition) is 3. The third kappa shape index (κ3) is 1.64. The molecule has 0 radical (unpaired) electrons. The molecule has 1 aromatic carbocycles. The Morgan fingerprint density at radius 2 is 2.00 bits per heavy atom. The molecule has 1 rings (SSSR count). The maximum absolute atomic E-state index is 12.7. The van der Waals surface area contributed by atoms with Crippen molar-refractivity contribution in [1.82, 2.24) is 0 Å². The van der Waals surface area contributed by atoms with Gasteiger partial charge in [0, 0.05) is 5.56 Å². The molecule has 0 spiro atoms. The fourth-order valence-corrected chi connectivity index (χ4v) is 0.939. The number of aliphatic carboxylic acids is 1. The van der Waals surface area contributed by atoms with E-state index in [-0.39, 0.29) is 5.56 Å². The summed E-state index contributed by atoms with van der Waals surface area (Å²) < 4.78 is 25.2. The molecule has 1 aromatic rings. The Morgan fingerprint density at radius 1 is 1.43 bits per heavy atom. The van der Waals surface area contributed by atoms with Gasteiger partial charge in [0.1, 0.15) is 6.04 Å². The van der Waals surface area contributed by atoms with Crippen molar-refractivity contribution in [3.05, 3.63) is 29.3 Å². The summed E-state index contributed by atoms with van der Waals surface area (Å²) in [5, 5.41) is 17.5. The van der Waals surface area contributed by atoms with Crippen molar-refractivity contribution < 1.29 is 23.8 Å². The number of aromatic hydroxyl groups is 1. The summed E-state index contributed by atoms with van der Waals surface area (Å²) in [7, 11) is 0. The Kier molecular flexibility index (Phi) is 2.66. The number of halogens is 2. The van der Waals surface area contributed by atoms with Crippen molar-refractivity contribution in [2.45, 2.75) is 6.04 Å². The Labute approximate surface area is 77.6 Å². The van der Waals surface area contributed by atoms with Gasteiger partial charge in [-0.1, -0.05) is 6.07 Å². The third-order valence-corrected chi connectivity index (χ3v) is 1.70. The highest BCUT2D eigenvalue weighted by Gasteiger charge is 2.21. The van der Waals surface area contributed by atoms with Crippen LogP contribution in [-0.4, -0.2) is 16.2 Å². The average Bonchev–Trinajstić information content (AvgIpc) is 2.13. The van der Waals surface area contributed by atoms with Crippen molar-refractivity contribution in [2.24, 2.45) is 5.73 Å². The first kappa shape index (κ1) is 10.4. The van der Waals surface area contributed by atoms with E-state index in [1.165, 1.54) is 0 Å². The van der Waals surface area contributed by atoms with Gasteiger partial charge < -0.3 is 15.9 Å². The standard InChI is InChI=1S/C8H7F2NO3/c9-4-2-1-3(6(11)8(13)14)7(12)5(4)10/h1-2,6,12H,11H2,(H,13,14)/t6-/m0/s1. The lowest BCUT2D eigenvalue weighted by Gasteiger charge is -2.09. The highest BCUT2D eigenvalue weighted by molar-refractivity contribution is 5.76.